The first-order chi connectivity index (χ1) is 13.0. The van der Waals surface area contributed by atoms with E-state index in [9.17, 15) is 9.18 Å². The van der Waals surface area contributed by atoms with Gasteiger partial charge in [-0.15, -0.1) is 0 Å². The molecule has 0 bridgehead atoms. The van der Waals surface area contributed by atoms with E-state index in [2.05, 4.69) is 29.3 Å². The smallest absolute Gasteiger partial charge is 0.318 e. The average molecular weight is 376 g/mol. The number of nitrogens with one attached hydrogen (secondary N) is 1. The van der Waals surface area contributed by atoms with E-state index in [1.54, 1.807) is 4.90 Å². The maximum absolute atomic E-state index is 12.9. The second-order valence-corrected chi connectivity index (χ2v) is 7.07. The van der Waals surface area contributed by atoms with Crippen molar-refractivity contribution in [2.45, 2.75) is 45.8 Å². The van der Waals surface area contributed by atoms with E-state index >= 15 is 0 Å². The molecule has 2 aromatic rings. The van der Waals surface area contributed by atoms with Gasteiger partial charge in [-0.2, -0.15) is 4.98 Å². The van der Waals surface area contributed by atoms with Crippen LogP contribution in [0.3, 0.4) is 0 Å². The number of benzene rings is 1. The number of rotatable bonds is 6. The van der Waals surface area contributed by atoms with Crippen LogP contribution in [0.1, 0.15) is 50.9 Å². The number of nitrogens with zero attached hydrogens (tertiary/aromatic N) is 3. The summed E-state index contributed by atoms with van der Waals surface area (Å²) in [5.74, 6) is 1.39. The summed E-state index contributed by atoms with van der Waals surface area (Å²) in [5, 5.41) is 7.00. The number of piperidine rings is 1. The summed E-state index contributed by atoms with van der Waals surface area (Å²) in [5.41, 5.74) is 0. The van der Waals surface area contributed by atoms with Crippen LogP contribution in [0.5, 0.6) is 5.75 Å². The van der Waals surface area contributed by atoms with Gasteiger partial charge in [-0.25, -0.2) is 9.18 Å². The van der Waals surface area contributed by atoms with Gasteiger partial charge in [0.25, 0.3) is 5.89 Å². The number of hydrogen-bond donors (Lipinski definition) is 1. The van der Waals surface area contributed by atoms with E-state index in [0.29, 0.717) is 36.5 Å². The molecule has 1 aliphatic rings. The molecule has 2 heterocycles. The van der Waals surface area contributed by atoms with Crippen molar-refractivity contribution in [3.05, 3.63) is 41.8 Å². The van der Waals surface area contributed by atoms with E-state index in [1.165, 1.54) is 24.3 Å². The Kier molecular flexibility index (Phi) is 6.26. The lowest BCUT2D eigenvalue weighted by Gasteiger charge is -2.33. The normalized spacial score (nSPS) is 17.2. The number of halogens is 1. The molecule has 1 atom stereocenters. The van der Waals surface area contributed by atoms with Gasteiger partial charge in [-0.3, -0.25) is 0 Å². The van der Waals surface area contributed by atoms with Crippen molar-refractivity contribution in [2.24, 2.45) is 5.92 Å². The molecule has 1 N–H and O–H groups in total. The summed E-state index contributed by atoms with van der Waals surface area (Å²) in [6.45, 7) is 5.50. The van der Waals surface area contributed by atoms with Crippen LogP contribution in [0.15, 0.2) is 28.8 Å². The van der Waals surface area contributed by atoms with Crippen LogP contribution in [-0.4, -0.2) is 34.2 Å². The minimum atomic E-state index is -0.324. The van der Waals surface area contributed by atoms with Crippen LogP contribution in [0.2, 0.25) is 0 Å². The lowest BCUT2D eigenvalue weighted by atomic mass is 10.0. The number of amides is 2. The third-order valence-corrected chi connectivity index (χ3v) is 4.38. The molecular weight excluding hydrogens is 351 g/mol. The second kappa shape index (κ2) is 8.83. The molecule has 0 radical (unpaired) electrons. The maximum Gasteiger partial charge on any atom is 0.318 e. The zero-order valence-electron chi connectivity index (χ0n) is 15.7. The Bertz CT molecular complexity index is 748. The number of carbonyl (C=O) groups excluding carboxylic acids is 1. The minimum Gasteiger partial charge on any atom is -0.484 e. The maximum atomic E-state index is 12.9. The summed E-state index contributed by atoms with van der Waals surface area (Å²) >= 11 is 0. The predicted molar refractivity (Wildman–Crippen MR) is 96.6 cm³/mol. The Morgan fingerprint density at radius 3 is 2.89 bits per heavy atom. The zero-order valence-corrected chi connectivity index (χ0v) is 15.7. The van der Waals surface area contributed by atoms with E-state index in [1.807, 2.05) is 0 Å². The molecule has 1 fully saturated rings. The topological polar surface area (TPSA) is 80.5 Å². The van der Waals surface area contributed by atoms with E-state index in [4.69, 9.17) is 9.26 Å². The molecule has 1 aromatic heterocycles. The summed E-state index contributed by atoms with van der Waals surface area (Å²) in [6.07, 6.45) is 2.77. The lowest BCUT2D eigenvalue weighted by Crippen LogP contribution is -2.45. The minimum absolute atomic E-state index is 0.0882. The number of likely N-dealkylation sites (tertiary alicyclic amines) is 1. The Hall–Kier alpha value is -2.64. The molecule has 146 valence electrons. The zero-order chi connectivity index (χ0) is 19.2. The summed E-state index contributed by atoms with van der Waals surface area (Å²) in [6, 6.07) is 5.42. The first kappa shape index (κ1) is 19.1. The molecule has 1 saturated heterocycles. The van der Waals surface area contributed by atoms with Crippen molar-refractivity contribution in [2.75, 3.05) is 13.1 Å². The molecule has 8 heteroatoms. The first-order valence-electron chi connectivity index (χ1n) is 9.28. The summed E-state index contributed by atoms with van der Waals surface area (Å²) < 4.78 is 23.7. The Balaban J connectivity index is 1.62. The van der Waals surface area contributed by atoms with E-state index < -0.39 is 0 Å². The van der Waals surface area contributed by atoms with Gasteiger partial charge in [-0.1, -0.05) is 19.0 Å². The standard InChI is InChI=1S/C19H25FN4O3/c1-13(2)11-21-19(25)24-10-4-3-5-16(24)18-22-17(27-23-18)12-26-15-8-6-14(20)7-9-15/h6-9,13,16H,3-5,10-12H2,1-2H3,(H,21,25). The van der Waals surface area contributed by atoms with Gasteiger partial charge in [0, 0.05) is 13.1 Å². The number of urea groups is 1. The molecule has 3 rings (SSSR count). The summed E-state index contributed by atoms with van der Waals surface area (Å²) in [7, 11) is 0. The van der Waals surface area contributed by atoms with Crippen molar-refractivity contribution in [3.8, 4) is 5.75 Å². The highest BCUT2D eigenvalue weighted by molar-refractivity contribution is 5.74. The second-order valence-electron chi connectivity index (χ2n) is 7.07. The molecule has 1 unspecified atom stereocenters. The highest BCUT2D eigenvalue weighted by Gasteiger charge is 2.31. The highest BCUT2D eigenvalue weighted by Crippen LogP contribution is 2.29. The van der Waals surface area contributed by atoms with E-state index in [-0.39, 0.29) is 24.5 Å². The molecule has 0 saturated carbocycles. The van der Waals surface area contributed by atoms with Crippen LogP contribution in [0.4, 0.5) is 9.18 Å². The van der Waals surface area contributed by atoms with Gasteiger partial charge >= 0.3 is 6.03 Å². The Morgan fingerprint density at radius 1 is 1.37 bits per heavy atom. The summed E-state index contributed by atoms with van der Waals surface area (Å²) in [4.78, 5) is 18.7. The quantitative estimate of drug-likeness (QED) is 0.832. The largest absolute Gasteiger partial charge is 0.484 e. The van der Waals surface area contributed by atoms with Crippen molar-refractivity contribution in [3.63, 3.8) is 0 Å². The molecular formula is C19H25FN4O3. The van der Waals surface area contributed by atoms with Gasteiger partial charge in [0.1, 0.15) is 11.6 Å². The van der Waals surface area contributed by atoms with Crippen LogP contribution in [-0.2, 0) is 6.61 Å². The molecule has 0 aliphatic carbocycles. The van der Waals surface area contributed by atoms with Gasteiger partial charge < -0.3 is 19.5 Å². The van der Waals surface area contributed by atoms with Crippen LogP contribution in [0, 0.1) is 11.7 Å². The Morgan fingerprint density at radius 2 is 2.15 bits per heavy atom. The fourth-order valence-corrected chi connectivity index (χ4v) is 2.97. The van der Waals surface area contributed by atoms with Crippen molar-refractivity contribution in [1.82, 2.24) is 20.4 Å². The molecule has 7 nitrogen and oxygen atoms in total. The predicted octanol–water partition coefficient (Wildman–Crippen LogP) is 3.68. The third-order valence-electron chi connectivity index (χ3n) is 4.38. The fraction of sp³-hybridized carbons (Fsp3) is 0.526. The van der Waals surface area contributed by atoms with Crippen molar-refractivity contribution < 1.29 is 18.4 Å². The van der Waals surface area contributed by atoms with Gasteiger partial charge in [0.05, 0.1) is 6.04 Å². The van der Waals surface area contributed by atoms with Crippen LogP contribution in [0.25, 0.3) is 0 Å². The number of aromatic nitrogens is 2. The van der Waals surface area contributed by atoms with Crippen LogP contribution >= 0.6 is 0 Å². The number of ether oxygens (including phenoxy) is 1. The highest BCUT2D eigenvalue weighted by atomic mass is 19.1. The SMILES string of the molecule is CC(C)CNC(=O)N1CCCCC1c1noc(COc2ccc(F)cc2)n1. The van der Waals surface area contributed by atoms with Gasteiger partial charge in [-0.05, 0) is 49.4 Å². The third kappa shape index (κ3) is 5.18. The van der Waals surface area contributed by atoms with Gasteiger partial charge in [0.15, 0.2) is 12.4 Å². The molecule has 1 aliphatic heterocycles. The molecule has 1 aromatic carbocycles. The van der Waals surface area contributed by atoms with Crippen LogP contribution < -0.4 is 10.1 Å². The number of hydrogen-bond acceptors (Lipinski definition) is 5. The van der Waals surface area contributed by atoms with Gasteiger partial charge in [0.2, 0.25) is 0 Å². The lowest BCUT2D eigenvalue weighted by molar-refractivity contribution is 0.145. The first-order valence-corrected chi connectivity index (χ1v) is 9.28. The fourth-order valence-electron chi connectivity index (χ4n) is 2.97. The van der Waals surface area contributed by atoms with E-state index in [0.717, 1.165) is 19.3 Å². The van der Waals surface area contributed by atoms with Crippen molar-refractivity contribution >= 4 is 6.03 Å². The monoisotopic (exact) mass is 376 g/mol. The molecule has 27 heavy (non-hydrogen) atoms. The molecule has 0 spiro atoms. The Labute approximate surface area is 157 Å². The number of carbonyl (C=O) groups is 1. The van der Waals surface area contributed by atoms with Crippen molar-refractivity contribution in [1.29, 1.82) is 0 Å². The average Bonchev–Trinajstić information content (AvgIpc) is 3.14. The molecule has 2 amide bonds.